The number of rotatable bonds is 5. The Labute approximate surface area is 187 Å². The number of carbonyl (C=O) groups excluding carboxylic acids is 2. The number of aromatic nitrogens is 1. The average Bonchev–Trinajstić information content (AvgIpc) is 2.66. The second-order valence-corrected chi connectivity index (χ2v) is 10.1. The van der Waals surface area contributed by atoms with E-state index >= 15 is 0 Å². The number of ether oxygens (including phenoxy) is 2. The van der Waals surface area contributed by atoms with Gasteiger partial charge in [-0.1, -0.05) is 19.4 Å². The lowest BCUT2D eigenvalue weighted by atomic mass is 9.95. The third-order valence-corrected chi connectivity index (χ3v) is 4.91. The number of hydrogen-bond acceptors (Lipinski definition) is 5. The number of likely N-dealkylation sites (tertiary alicyclic amines) is 1. The summed E-state index contributed by atoms with van der Waals surface area (Å²) in [7, 11) is 0. The van der Waals surface area contributed by atoms with Crippen LogP contribution in [0.15, 0.2) is 18.3 Å². The molecule has 1 aliphatic rings. The first-order valence-electron chi connectivity index (χ1n) is 11.4. The van der Waals surface area contributed by atoms with Crippen LogP contribution in [-0.4, -0.2) is 46.4 Å². The van der Waals surface area contributed by atoms with Crippen molar-refractivity contribution in [1.82, 2.24) is 9.88 Å². The van der Waals surface area contributed by atoms with Crippen molar-refractivity contribution in [2.45, 2.75) is 97.8 Å². The Bertz CT molecular complexity index is 752. The molecule has 0 unspecified atom stereocenters. The van der Waals surface area contributed by atoms with E-state index in [-0.39, 0.29) is 12.1 Å². The molecule has 1 saturated heterocycles. The molecule has 174 valence electrons. The molecule has 2 rings (SSSR count). The van der Waals surface area contributed by atoms with Gasteiger partial charge in [-0.25, -0.2) is 14.6 Å². The van der Waals surface area contributed by atoms with Crippen LogP contribution < -0.4 is 4.90 Å². The van der Waals surface area contributed by atoms with E-state index in [1.807, 2.05) is 53.7 Å². The molecule has 7 nitrogen and oxygen atoms in total. The highest BCUT2D eigenvalue weighted by Crippen LogP contribution is 2.37. The quantitative estimate of drug-likeness (QED) is 0.562. The van der Waals surface area contributed by atoms with Crippen LogP contribution in [-0.2, 0) is 9.47 Å². The molecule has 0 aromatic carbocycles. The first-order chi connectivity index (χ1) is 14.4. The van der Waals surface area contributed by atoms with Crippen molar-refractivity contribution >= 4 is 18.0 Å². The van der Waals surface area contributed by atoms with Crippen molar-refractivity contribution in [2.75, 3.05) is 18.0 Å². The van der Waals surface area contributed by atoms with E-state index in [1.54, 1.807) is 16.0 Å². The Morgan fingerprint density at radius 3 is 2.42 bits per heavy atom. The molecular formula is C24H39N3O4. The molecule has 0 N–H and O–H groups in total. The van der Waals surface area contributed by atoms with Gasteiger partial charge in [-0.2, -0.15) is 0 Å². The molecular weight excluding hydrogens is 394 g/mol. The van der Waals surface area contributed by atoms with Gasteiger partial charge >= 0.3 is 12.2 Å². The van der Waals surface area contributed by atoms with Crippen molar-refractivity contribution in [1.29, 1.82) is 0 Å². The number of amides is 2. The van der Waals surface area contributed by atoms with Crippen LogP contribution in [0.1, 0.15) is 92.2 Å². The molecule has 0 aliphatic carbocycles. The molecule has 1 atom stereocenters. The third kappa shape index (κ3) is 7.40. The van der Waals surface area contributed by atoms with Gasteiger partial charge in [-0.15, -0.1) is 0 Å². The van der Waals surface area contributed by atoms with Crippen LogP contribution in [0.25, 0.3) is 0 Å². The maximum Gasteiger partial charge on any atom is 0.416 e. The highest BCUT2D eigenvalue weighted by molar-refractivity contribution is 5.87. The van der Waals surface area contributed by atoms with E-state index in [4.69, 9.17) is 9.47 Å². The standard InChI is InChI=1S/C24H39N3O4/c1-8-9-16-27(22(29)31-24(5,6)7)20-18(13-12-15-25-20)19-14-10-11-17-26(19)21(28)30-23(2,3)4/h12-13,15,19H,8-11,14,16-17H2,1-7H3/t19-/m1/s1. The van der Waals surface area contributed by atoms with Gasteiger partial charge in [0.1, 0.15) is 17.0 Å². The summed E-state index contributed by atoms with van der Waals surface area (Å²) in [6.45, 7) is 14.4. The van der Waals surface area contributed by atoms with Gasteiger partial charge in [-0.05, 0) is 73.3 Å². The molecule has 0 radical (unpaired) electrons. The van der Waals surface area contributed by atoms with Gasteiger partial charge in [0, 0.05) is 24.8 Å². The average molecular weight is 434 g/mol. The van der Waals surface area contributed by atoms with E-state index in [0.717, 1.165) is 37.7 Å². The van der Waals surface area contributed by atoms with Crippen LogP contribution in [0.5, 0.6) is 0 Å². The molecule has 0 spiro atoms. The van der Waals surface area contributed by atoms with Gasteiger partial charge in [0.15, 0.2) is 0 Å². The predicted octanol–water partition coefficient (Wildman–Crippen LogP) is 6.09. The van der Waals surface area contributed by atoms with Crippen LogP contribution in [0.3, 0.4) is 0 Å². The SMILES string of the molecule is CCCCN(C(=O)OC(C)(C)C)c1ncccc1[C@H]1CCCCN1C(=O)OC(C)(C)C. The predicted molar refractivity (Wildman–Crippen MR) is 122 cm³/mol. The fraction of sp³-hybridized carbons (Fsp3) is 0.708. The van der Waals surface area contributed by atoms with Crippen LogP contribution in [0.2, 0.25) is 0 Å². The summed E-state index contributed by atoms with van der Waals surface area (Å²) in [6.07, 6.45) is 5.43. The lowest BCUT2D eigenvalue weighted by Crippen LogP contribution is -2.43. The Kier molecular flexibility index (Phi) is 8.32. The molecule has 2 amide bonds. The minimum Gasteiger partial charge on any atom is -0.444 e. The summed E-state index contributed by atoms with van der Waals surface area (Å²) in [5.41, 5.74) is -0.320. The van der Waals surface area contributed by atoms with Crippen molar-refractivity contribution < 1.29 is 19.1 Å². The maximum absolute atomic E-state index is 13.1. The number of hydrogen-bond donors (Lipinski definition) is 0. The highest BCUT2D eigenvalue weighted by Gasteiger charge is 2.35. The number of pyridine rings is 1. The maximum atomic E-state index is 13.1. The fourth-order valence-corrected chi connectivity index (χ4v) is 3.61. The van der Waals surface area contributed by atoms with Crippen molar-refractivity contribution in [3.63, 3.8) is 0 Å². The summed E-state index contributed by atoms with van der Waals surface area (Å²) >= 11 is 0. The molecule has 7 heteroatoms. The second kappa shape index (κ2) is 10.3. The Hall–Kier alpha value is -2.31. The molecule has 0 saturated carbocycles. The van der Waals surface area contributed by atoms with Gasteiger partial charge in [-0.3, -0.25) is 4.90 Å². The van der Waals surface area contributed by atoms with Crippen molar-refractivity contribution in [2.24, 2.45) is 0 Å². The summed E-state index contributed by atoms with van der Waals surface area (Å²) in [4.78, 5) is 34.0. The minimum atomic E-state index is -0.607. The van der Waals surface area contributed by atoms with Gasteiger partial charge in [0.05, 0.1) is 6.04 Å². The van der Waals surface area contributed by atoms with Crippen LogP contribution in [0, 0.1) is 0 Å². The summed E-state index contributed by atoms with van der Waals surface area (Å²) in [5, 5.41) is 0. The zero-order valence-electron chi connectivity index (χ0n) is 20.2. The molecule has 2 heterocycles. The van der Waals surface area contributed by atoms with Gasteiger partial charge < -0.3 is 14.4 Å². The van der Waals surface area contributed by atoms with Crippen LogP contribution >= 0.6 is 0 Å². The third-order valence-electron chi connectivity index (χ3n) is 4.91. The number of unbranched alkanes of at least 4 members (excludes halogenated alkanes) is 1. The van der Waals surface area contributed by atoms with Crippen LogP contribution in [0.4, 0.5) is 15.4 Å². The molecule has 1 aromatic rings. The number of anilines is 1. The lowest BCUT2D eigenvalue weighted by molar-refractivity contribution is 0.00955. The summed E-state index contributed by atoms with van der Waals surface area (Å²) in [5.74, 6) is 0.561. The van der Waals surface area contributed by atoms with Crippen molar-refractivity contribution in [3.8, 4) is 0 Å². The summed E-state index contributed by atoms with van der Waals surface area (Å²) < 4.78 is 11.3. The minimum absolute atomic E-state index is 0.195. The number of nitrogens with zero attached hydrogens (tertiary/aromatic N) is 3. The zero-order chi connectivity index (χ0) is 23.2. The molecule has 31 heavy (non-hydrogen) atoms. The van der Waals surface area contributed by atoms with Gasteiger partial charge in [0.25, 0.3) is 0 Å². The van der Waals surface area contributed by atoms with E-state index in [1.165, 1.54) is 0 Å². The lowest BCUT2D eigenvalue weighted by Gasteiger charge is -2.38. The smallest absolute Gasteiger partial charge is 0.416 e. The van der Waals surface area contributed by atoms with E-state index in [0.29, 0.717) is 18.9 Å². The Morgan fingerprint density at radius 2 is 1.81 bits per heavy atom. The Balaban J connectivity index is 2.42. The molecule has 1 aliphatic heterocycles. The van der Waals surface area contributed by atoms with Crippen molar-refractivity contribution in [3.05, 3.63) is 23.9 Å². The molecule has 1 fully saturated rings. The largest absolute Gasteiger partial charge is 0.444 e. The number of piperidine rings is 1. The first-order valence-corrected chi connectivity index (χ1v) is 11.4. The monoisotopic (exact) mass is 433 g/mol. The van der Waals surface area contributed by atoms with E-state index in [9.17, 15) is 9.59 Å². The van der Waals surface area contributed by atoms with E-state index in [2.05, 4.69) is 11.9 Å². The normalized spacial score (nSPS) is 17.3. The summed E-state index contributed by atoms with van der Waals surface area (Å²) in [6, 6.07) is 3.62. The zero-order valence-corrected chi connectivity index (χ0v) is 20.2. The molecule has 0 bridgehead atoms. The molecule has 1 aromatic heterocycles. The first kappa shape index (κ1) is 25.0. The second-order valence-electron chi connectivity index (χ2n) is 10.1. The fourth-order valence-electron chi connectivity index (χ4n) is 3.61. The number of carbonyl (C=O) groups is 2. The highest BCUT2D eigenvalue weighted by atomic mass is 16.6. The topological polar surface area (TPSA) is 72.0 Å². The Morgan fingerprint density at radius 1 is 1.13 bits per heavy atom. The van der Waals surface area contributed by atoms with E-state index < -0.39 is 17.3 Å². The van der Waals surface area contributed by atoms with Gasteiger partial charge in [0.2, 0.25) is 0 Å².